The highest BCUT2D eigenvalue weighted by Crippen LogP contribution is 2.47. The number of alkyl halides is 6. The van der Waals surface area contributed by atoms with Crippen molar-refractivity contribution in [1.29, 1.82) is 0 Å². The monoisotopic (exact) mass is 1840 g/mol. The zero-order valence-corrected chi connectivity index (χ0v) is 67.4. The van der Waals surface area contributed by atoms with Gasteiger partial charge in [0.15, 0.2) is 93.1 Å². The molecule has 0 bridgehead atoms. The lowest BCUT2D eigenvalue weighted by molar-refractivity contribution is -0.137. The fraction of sp³-hybridized carbons (Fsp3) is 0.133. The standard InChI is InChI=1S/2C15H14F3N.2C13H9Cl4N.2C13H5F8N.CH4/c2*1-9-3-5-12(10(2)7-9)13-6-4-11(19)8-14(13)15(16,17)18;2*1-6-2-10(15)7(3-9(6)14)8-4-12(17)13(18)5-11(8)16;2*1-2-5(14)7(16)3(8(17)6(2)15)4-9(18)11(20)13(22)12(21)10(4)19;/h2*3-8H,19H2,1-2H3;2*2-5H,18H2,1H3;2*22H2,1H3;1H4. The highest BCUT2D eigenvalue weighted by Gasteiger charge is 2.38. The van der Waals surface area contributed by atoms with Crippen molar-refractivity contribution in [2.45, 2.75) is 75.2 Å². The molecule has 632 valence electrons. The zero-order chi connectivity index (χ0) is 89.2. The highest BCUT2D eigenvalue weighted by atomic mass is 35.5. The molecule has 0 fully saturated rings. The average Bonchev–Trinajstić information content (AvgIpc) is 0.748. The van der Waals surface area contributed by atoms with E-state index in [0.29, 0.717) is 87.7 Å². The number of halogens is 30. The molecular formula is C83H60Cl8F22N6. The number of anilines is 6. The lowest BCUT2D eigenvalue weighted by Crippen LogP contribution is -2.10. The van der Waals surface area contributed by atoms with E-state index in [-0.39, 0.29) is 29.9 Å². The average molecular weight is 1840 g/mol. The number of nitrogens with two attached hydrogens (primary N) is 6. The van der Waals surface area contributed by atoms with Gasteiger partial charge in [-0.15, -0.1) is 0 Å². The first kappa shape index (κ1) is 98.0. The normalized spacial score (nSPS) is 11.1. The fourth-order valence-corrected chi connectivity index (χ4v) is 13.0. The molecule has 0 spiro atoms. The molecular weight excluding hydrogens is 1780 g/mol. The van der Waals surface area contributed by atoms with Gasteiger partial charge in [-0.1, -0.05) is 160 Å². The molecule has 0 aliphatic rings. The quantitative estimate of drug-likeness (QED) is 0.0553. The van der Waals surface area contributed by atoms with E-state index in [2.05, 4.69) is 0 Å². The molecule has 119 heavy (non-hydrogen) atoms. The number of nitrogen functional groups attached to an aromatic ring is 6. The van der Waals surface area contributed by atoms with E-state index in [1.54, 1.807) is 86.6 Å². The molecule has 0 radical (unpaired) electrons. The van der Waals surface area contributed by atoms with E-state index < -0.39 is 161 Å². The molecule has 0 saturated heterocycles. The van der Waals surface area contributed by atoms with Crippen LogP contribution in [0.3, 0.4) is 0 Å². The smallest absolute Gasteiger partial charge is 0.399 e. The Balaban J connectivity index is 0.000000222. The Morgan fingerprint density at radius 2 is 0.454 bits per heavy atom. The molecule has 0 saturated carbocycles. The molecule has 12 aromatic carbocycles. The van der Waals surface area contributed by atoms with Crippen molar-refractivity contribution in [3.05, 3.63) is 310 Å². The molecule has 0 heterocycles. The molecule has 0 aliphatic heterocycles. The Hall–Kier alpha value is -9.78. The van der Waals surface area contributed by atoms with Gasteiger partial charge in [-0.3, -0.25) is 0 Å². The predicted molar refractivity (Wildman–Crippen MR) is 432 cm³/mol. The number of hydrogen-bond acceptors (Lipinski definition) is 6. The third-order valence-corrected chi connectivity index (χ3v) is 20.1. The van der Waals surface area contributed by atoms with Gasteiger partial charge in [-0.2, -0.15) is 26.3 Å². The maximum absolute atomic E-state index is 13.7. The van der Waals surface area contributed by atoms with Crippen LogP contribution in [0.15, 0.2) is 121 Å². The topological polar surface area (TPSA) is 156 Å². The van der Waals surface area contributed by atoms with Gasteiger partial charge in [-0.25, -0.2) is 70.2 Å². The molecule has 6 nitrogen and oxygen atoms in total. The molecule has 12 N–H and O–H groups in total. The van der Waals surface area contributed by atoms with Crippen molar-refractivity contribution in [3.8, 4) is 66.8 Å². The molecule has 0 atom stereocenters. The summed E-state index contributed by atoms with van der Waals surface area (Å²) in [7, 11) is 0. The lowest BCUT2D eigenvalue weighted by atomic mass is 9.94. The summed E-state index contributed by atoms with van der Waals surface area (Å²) in [6.07, 6.45) is -8.83. The van der Waals surface area contributed by atoms with E-state index in [9.17, 15) is 96.6 Å². The SMILES string of the molecule is C.Cc1c(F)c(F)c(-c2c(F)c(F)c(N)c(F)c2F)c(F)c1F.Cc1c(F)c(F)c(-c2c(F)c(F)c(N)c(F)c2F)c(F)c1F.Cc1cc(Cl)c(-c2cc(Cl)c(N)cc2Cl)cc1Cl.Cc1cc(Cl)c(-c2cc(Cl)c(N)cc2Cl)cc1Cl.Cc1ccc(-c2ccc(N)cc2C(F)(F)F)c(C)c1.Cc1ccc(-c2ccc(N)cc2C(F)(F)F)c(C)c1. The predicted octanol–water partition coefficient (Wildman–Crippen LogP) is 30.2. The third kappa shape index (κ3) is 21.5. The van der Waals surface area contributed by atoms with Gasteiger partial charge in [0.05, 0.1) is 64.8 Å². The minimum Gasteiger partial charge on any atom is -0.399 e. The second-order valence-electron chi connectivity index (χ2n) is 25.7. The molecule has 36 heteroatoms. The van der Waals surface area contributed by atoms with Gasteiger partial charge >= 0.3 is 12.4 Å². The van der Waals surface area contributed by atoms with Crippen molar-refractivity contribution < 1.29 is 96.6 Å². The molecule has 0 unspecified atom stereocenters. The van der Waals surface area contributed by atoms with Gasteiger partial charge in [0.1, 0.15) is 11.4 Å². The first-order valence-electron chi connectivity index (χ1n) is 33.0. The van der Waals surface area contributed by atoms with Crippen LogP contribution in [0, 0.1) is 148 Å². The molecule has 0 aromatic heterocycles. The number of aryl methyl sites for hydroxylation is 6. The van der Waals surface area contributed by atoms with Crippen LogP contribution in [0.5, 0.6) is 0 Å². The van der Waals surface area contributed by atoms with E-state index in [1.807, 2.05) is 39.8 Å². The summed E-state index contributed by atoms with van der Waals surface area (Å²) in [5.74, 6) is -34.3. The van der Waals surface area contributed by atoms with E-state index in [4.69, 9.17) is 127 Å². The lowest BCUT2D eigenvalue weighted by Gasteiger charge is -2.15. The van der Waals surface area contributed by atoms with Crippen LogP contribution in [-0.4, -0.2) is 0 Å². The summed E-state index contributed by atoms with van der Waals surface area (Å²) in [5, 5.41) is 4.22. The van der Waals surface area contributed by atoms with Crippen LogP contribution in [0.1, 0.15) is 63.1 Å². The Morgan fingerprint density at radius 3 is 0.697 bits per heavy atom. The Bertz CT molecular complexity index is 5230. The summed E-state index contributed by atoms with van der Waals surface area (Å²) in [5.41, 5.74) is 28.3. The van der Waals surface area contributed by atoms with Crippen molar-refractivity contribution in [3.63, 3.8) is 0 Å². The highest BCUT2D eigenvalue weighted by molar-refractivity contribution is 6.41. The van der Waals surface area contributed by atoms with Gasteiger partial charge in [0.2, 0.25) is 0 Å². The van der Waals surface area contributed by atoms with Crippen LogP contribution < -0.4 is 34.4 Å². The summed E-state index contributed by atoms with van der Waals surface area (Å²) in [6, 6.07) is 32.3. The number of benzene rings is 12. The van der Waals surface area contributed by atoms with E-state index >= 15 is 0 Å². The Labute approximate surface area is 705 Å². The summed E-state index contributed by atoms with van der Waals surface area (Å²) in [6.45, 7) is 12.5. The van der Waals surface area contributed by atoms with Gasteiger partial charge < -0.3 is 34.4 Å². The number of hydrogen-bond donors (Lipinski definition) is 6. The zero-order valence-electron chi connectivity index (χ0n) is 61.4. The van der Waals surface area contributed by atoms with Gasteiger partial charge in [-0.05, 0) is 173 Å². The molecule has 0 amide bonds. The summed E-state index contributed by atoms with van der Waals surface area (Å²) in [4.78, 5) is 0. The Kier molecular flexibility index (Phi) is 32.3. The van der Waals surface area contributed by atoms with Crippen LogP contribution >= 0.6 is 92.8 Å². The van der Waals surface area contributed by atoms with Gasteiger partial charge in [0.25, 0.3) is 0 Å². The summed E-state index contributed by atoms with van der Waals surface area (Å²) >= 11 is 48.9. The van der Waals surface area contributed by atoms with Crippen molar-refractivity contribution in [2.75, 3.05) is 34.4 Å². The van der Waals surface area contributed by atoms with Crippen LogP contribution in [0.25, 0.3) is 66.8 Å². The van der Waals surface area contributed by atoms with Gasteiger partial charge in [0, 0.05) is 64.8 Å². The van der Waals surface area contributed by atoms with Crippen molar-refractivity contribution in [1.82, 2.24) is 0 Å². The van der Waals surface area contributed by atoms with E-state index in [1.165, 1.54) is 24.3 Å². The van der Waals surface area contributed by atoms with Crippen LogP contribution in [0.4, 0.5) is 131 Å². The minimum absolute atomic E-state index is 0. The number of rotatable bonds is 6. The van der Waals surface area contributed by atoms with Crippen LogP contribution in [-0.2, 0) is 12.4 Å². The maximum Gasteiger partial charge on any atom is 0.417 e. The molecule has 12 rings (SSSR count). The second kappa shape index (κ2) is 39.2. The maximum atomic E-state index is 13.7. The fourth-order valence-electron chi connectivity index (χ4n) is 11.2. The third-order valence-electron chi connectivity index (χ3n) is 17.4. The van der Waals surface area contributed by atoms with Crippen LogP contribution in [0.2, 0.25) is 40.2 Å². The second-order valence-corrected chi connectivity index (χ2v) is 29.0. The largest absolute Gasteiger partial charge is 0.417 e. The van der Waals surface area contributed by atoms with Crippen molar-refractivity contribution >= 4 is 127 Å². The Morgan fingerprint density at radius 1 is 0.227 bits per heavy atom. The molecule has 0 aliphatic carbocycles. The molecule has 12 aromatic rings. The first-order chi connectivity index (χ1) is 54.6. The van der Waals surface area contributed by atoms with E-state index in [0.717, 1.165) is 56.6 Å². The minimum atomic E-state index is -4.41. The summed E-state index contributed by atoms with van der Waals surface area (Å²) < 4.78 is 295. The van der Waals surface area contributed by atoms with Crippen molar-refractivity contribution in [2.24, 2.45) is 0 Å². The first-order valence-corrected chi connectivity index (χ1v) is 36.0.